The van der Waals surface area contributed by atoms with Gasteiger partial charge < -0.3 is 15.4 Å². The van der Waals surface area contributed by atoms with Crippen molar-refractivity contribution in [3.8, 4) is 5.75 Å². The summed E-state index contributed by atoms with van der Waals surface area (Å²) < 4.78 is 5.20. The SMILES string of the molecule is CN=C(NCc1ccc(OC)cc1)NCc1ccccc1CN(C)C(C)C. The van der Waals surface area contributed by atoms with E-state index in [0.29, 0.717) is 12.6 Å². The van der Waals surface area contributed by atoms with Gasteiger partial charge in [-0.2, -0.15) is 0 Å². The maximum Gasteiger partial charge on any atom is 0.191 e. The zero-order valence-electron chi connectivity index (χ0n) is 17.1. The molecular weight excluding hydrogens is 336 g/mol. The van der Waals surface area contributed by atoms with Crippen LogP contribution in [0.3, 0.4) is 0 Å². The van der Waals surface area contributed by atoms with Crippen LogP contribution in [0, 0.1) is 0 Å². The molecule has 0 saturated carbocycles. The van der Waals surface area contributed by atoms with Crippen LogP contribution in [-0.2, 0) is 19.6 Å². The second-order valence-electron chi connectivity index (χ2n) is 6.90. The molecular formula is C22H32N4O. The van der Waals surface area contributed by atoms with Crippen molar-refractivity contribution in [2.45, 2.75) is 39.5 Å². The van der Waals surface area contributed by atoms with Gasteiger partial charge in [0.1, 0.15) is 5.75 Å². The van der Waals surface area contributed by atoms with Gasteiger partial charge in [0.25, 0.3) is 0 Å². The largest absolute Gasteiger partial charge is 0.497 e. The van der Waals surface area contributed by atoms with E-state index in [-0.39, 0.29) is 0 Å². The van der Waals surface area contributed by atoms with Gasteiger partial charge in [-0.25, -0.2) is 0 Å². The molecule has 0 atom stereocenters. The van der Waals surface area contributed by atoms with Crippen molar-refractivity contribution in [2.24, 2.45) is 4.99 Å². The topological polar surface area (TPSA) is 48.9 Å². The lowest BCUT2D eigenvalue weighted by molar-refractivity contribution is 0.265. The average Bonchev–Trinajstić information content (AvgIpc) is 2.69. The first-order chi connectivity index (χ1) is 13.0. The van der Waals surface area contributed by atoms with Gasteiger partial charge in [0.05, 0.1) is 7.11 Å². The van der Waals surface area contributed by atoms with Crippen LogP contribution in [0.2, 0.25) is 0 Å². The summed E-state index contributed by atoms with van der Waals surface area (Å²) in [5.41, 5.74) is 3.81. The second-order valence-corrected chi connectivity index (χ2v) is 6.90. The van der Waals surface area contributed by atoms with Crippen LogP contribution < -0.4 is 15.4 Å². The van der Waals surface area contributed by atoms with Gasteiger partial charge in [-0.15, -0.1) is 0 Å². The maximum absolute atomic E-state index is 5.20. The molecule has 2 aromatic rings. The van der Waals surface area contributed by atoms with E-state index in [1.54, 1.807) is 14.2 Å². The summed E-state index contributed by atoms with van der Waals surface area (Å²) in [4.78, 5) is 6.67. The Kier molecular flexibility index (Phi) is 8.14. The summed E-state index contributed by atoms with van der Waals surface area (Å²) in [5, 5.41) is 6.78. The van der Waals surface area contributed by atoms with Crippen molar-refractivity contribution in [1.29, 1.82) is 0 Å². The molecule has 5 heteroatoms. The predicted octanol–water partition coefficient (Wildman–Crippen LogP) is 3.40. The molecule has 27 heavy (non-hydrogen) atoms. The number of ether oxygens (including phenoxy) is 1. The fourth-order valence-electron chi connectivity index (χ4n) is 2.66. The number of hydrogen-bond donors (Lipinski definition) is 2. The molecule has 0 aromatic heterocycles. The third-order valence-corrected chi connectivity index (χ3v) is 4.71. The van der Waals surface area contributed by atoms with Gasteiger partial charge in [0, 0.05) is 32.7 Å². The Bertz CT molecular complexity index is 725. The van der Waals surface area contributed by atoms with Crippen LogP contribution in [0.4, 0.5) is 0 Å². The lowest BCUT2D eigenvalue weighted by atomic mass is 10.1. The zero-order chi connectivity index (χ0) is 19.6. The molecule has 0 amide bonds. The highest BCUT2D eigenvalue weighted by Gasteiger charge is 2.08. The number of aliphatic imine (C=N–C) groups is 1. The number of benzene rings is 2. The van der Waals surface area contributed by atoms with E-state index in [9.17, 15) is 0 Å². The number of guanidine groups is 1. The molecule has 5 nitrogen and oxygen atoms in total. The van der Waals surface area contributed by atoms with Gasteiger partial charge in [-0.1, -0.05) is 36.4 Å². The van der Waals surface area contributed by atoms with Crippen LogP contribution in [0.15, 0.2) is 53.5 Å². The lowest BCUT2D eigenvalue weighted by Crippen LogP contribution is -2.36. The standard InChI is InChI=1S/C22H32N4O/c1-17(2)26(4)16-20-9-7-6-8-19(20)15-25-22(23-3)24-14-18-10-12-21(27-5)13-11-18/h6-13,17H,14-16H2,1-5H3,(H2,23,24,25). The Morgan fingerprint density at radius 3 is 2.22 bits per heavy atom. The van der Waals surface area contributed by atoms with Crippen molar-refractivity contribution in [3.05, 3.63) is 65.2 Å². The van der Waals surface area contributed by atoms with Crippen molar-refractivity contribution in [1.82, 2.24) is 15.5 Å². The molecule has 0 spiro atoms. The van der Waals surface area contributed by atoms with Crippen LogP contribution in [-0.4, -0.2) is 38.1 Å². The van der Waals surface area contributed by atoms with Crippen molar-refractivity contribution in [2.75, 3.05) is 21.2 Å². The van der Waals surface area contributed by atoms with E-state index >= 15 is 0 Å². The molecule has 146 valence electrons. The summed E-state index contributed by atoms with van der Waals surface area (Å²) >= 11 is 0. The Hall–Kier alpha value is -2.53. The zero-order valence-corrected chi connectivity index (χ0v) is 17.1. The molecule has 0 heterocycles. The van der Waals surface area contributed by atoms with E-state index in [1.165, 1.54) is 16.7 Å². The molecule has 0 saturated heterocycles. The minimum Gasteiger partial charge on any atom is -0.497 e. The van der Waals surface area contributed by atoms with E-state index < -0.39 is 0 Å². The van der Waals surface area contributed by atoms with Crippen LogP contribution in [0.25, 0.3) is 0 Å². The minimum atomic E-state index is 0.518. The fraction of sp³-hybridized carbons (Fsp3) is 0.409. The molecule has 2 rings (SSSR count). The van der Waals surface area contributed by atoms with Crippen LogP contribution in [0.5, 0.6) is 5.75 Å². The molecule has 2 N–H and O–H groups in total. The first kappa shape index (κ1) is 20.8. The molecule has 2 aromatic carbocycles. The Morgan fingerprint density at radius 2 is 1.63 bits per heavy atom. The van der Waals surface area contributed by atoms with Gasteiger partial charge in [-0.3, -0.25) is 9.89 Å². The van der Waals surface area contributed by atoms with Crippen molar-refractivity contribution < 1.29 is 4.74 Å². The highest BCUT2D eigenvalue weighted by molar-refractivity contribution is 5.79. The van der Waals surface area contributed by atoms with E-state index in [2.05, 4.69) is 77.8 Å². The number of rotatable bonds is 8. The smallest absolute Gasteiger partial charge is 0.191 e. The quantitative estimate of drug-likeness (QED) is 0.554. The second kappa shape index (κ2) is 10.6. The number of nitrogens with one attached hydrogen (secondary N) is 2. The molecule has 0 radical (unpaired) electrons. The minimum absolute atomic E-state index is 0.518. The number of nitrogens with zero attached hydrogens (tertiary/aromatic N) is 2. The monoisotopic (exact) mass is 368 g/mol. The highest BCUT2D eigenvalue weighted by atomic mass is 16.5. The summed E-state index contributed by atoms with van der Waals surface area (Å²) in [7, 11) is 5.63. The Balaban J connectivity index is 1.92. The summed E-state index contributed by atoms with van der Waals surface area (Å²) in [6.07, 6.45) is 0. The van der Waals surface area contributed by atoms with E-state index in [1.807, 2.05) is 12.1 Å². The fourth-order valence-corrected chi connectivity index (χ4v) is 2.66. The highest BCUT2D eigenvalue weighted by Crippen LogP contribution is 2.13. The summed E-state index contributed by atoms with van der Waals surface area (Å²) in [6.45, 7) is 6.82. The van der Waals surface area contributed by atoms with Gasteiger partial charge in [0.15, 0.2) is 5.96 Å². The summed E-state index contributed by atoms with van der Waals surface area (Å²) in [5.74, 6) is 1.65. The first-order valence-electron chi connectivity index (χ1n) is 9.38. The molecule has 0 aliphatic carbocycles. The third kappa shape index (κ3) is 6.61. The predicted molar refractivity (Wildman–Crippen MR) is 113 cm³/mol. The molecule has 0 unspecified atom stereocenters. The summed E-state index contributed by atoms with van der Waals surface area (Å²) in [6, 6.07) is 17.1. The molecule has 0 fully saturated rings. The van der Waals surface area contributed by atoms with Crippen LogP contribution >= 0.6 is 0 Å². The normalized spacial score (nSPS) is 11.7. The third-order valence-electron chi connectivity index (χ3n) is 4.71. The number of hydrogen-bond acceptors (Lipinski definition) is 3. The van der Waals surface area contributed by atoms with Gasteiger partial charge in [-0.05, 0) is 49.7 Å². The van der Waals surface area contributed by atoms with Crippen molar-refractivity contribution >= 4 is 5.96 Å². The average molecular weight is 369 g/mol. The molecule has 0 aliphatic heterocycles. The van der Waals surface area contributed by atoms with E-state index in [4.69, 9.17) is 4.74 Å². The van der Waals surface area contributed by atoms with Crippen LogP contribution in [0.1, 0.15) is 30.5 Å². The maximum atomic E-state index is 5.20. The van der Waals surface area contributed by atoms with Gasteiger partial charge >= 0.3 is 0 Å². The molecule has 0 bridgehead atoms. The Morgan fingerprint density at radius 1 is 1.00 bits per heavy atom. The number of methoxy groups -OCH3 is 1. The first-order valence-corrected chi connectivity index (χ1v) is 9.38. The van der Waals surface area contributed by atoms with Crippen molar-refractivity contribution in [3.63, 3.8) is 0 Å². The Labute approximate surface area is 163 Å². The van der Waals surface area contributed by atoms with E-state index in [0.717, 1.165) is 24.8 Å². The molecule has 0 aliphatic rings. The van der Waals surface area contributed by atoms with Gasteiger partial charge in [0.2, 0.25) is 0 Å². The lowest BCUT2D eigenvalue weighted by Gasteiger charge is -2.23.